The Balaban J connectivity index is 1.38. The van der Waals surface area contributed by atoms with Crippen molar-refractivity contribution in [3.05, 3.63) is 41.2 Å². The zero-order chi connectivity index (χ0) is 21.1. The van der Waals surface area contributed by atoms with E-state index in [-0.39, 0.29) is 6.03 Å². The van der Waals surface area contributed by atoms with Crippen molar-refractivity contribution in [1.82, 2.24) is 14.9 Å². The molecular weight excluding hydrogens is 380 g/mol. The Labute approximate surface area is 177 Å². The molecule has 2 saturated heterocycles. The van der Waals surface area contributed by atoms with E-state index in [2.05, 4.69) is 44.1 Å². The van der Waals surface area contributed by atoms with Gasteiger partial charge in [0, 0.05) is 51.0 Å². The zero-order valence-corrected chi connectivity index (χ0v) is 18.0. The second-order valence-electron chi connectivity index (χ2n) is 7.95. The van der Waals surface area contributed by atoms with Crippen molar-refractivity contribution < 1.29 is 9.53 Å². The van der Waals surface area contributed by atoms with E-state index in [9.17, 15) is 4.79 Å². The number of carbonyl (C=O) groups is 1. The van der Waals surface area contributed by atoms with Crippen molar-refractivity contribution in [1.29, 1.82) is 0 Å². The Bertz CT molecular complexity index is 904. The van der Waals surface area contributed by atoms with Gasteiger partial charge in [0.2, 0.25) is 0 Å². The van der Waals surface area contributed by atoms with Gasteiger partial charge in [-0.25, -0.2) is 14.8 Å². The van der Waals surface area contributed by atoms with Crippen LogP contribution in [0, 0.1) is 20.8 Å². The fraction of sp³-hybridized carbons (Fsp3) is 0.500. The maximum Gasteiger partial charge on any atom is 0.321 e. The number of ether oxygens (including phenoxy) is 1. The molecule has 160 valence electrons. The molecule has 0 bridgehead atoms. The van der Waals surface area contributed by atoms with Crippen molar-refractivity contribution >= 4 is 23.4 Å². The molecule has 0 atom stereocenters. The summed E-state index contributed by atoms with van der Waals surface area (Å²) in [7, 11) is 0. The number of benzene rings is 1. The first-order valence-corrected chi connectivity index (χ1v) is 10.6. The predicted octanol–water partition coefficient (Wildman–Crippen LogP) is 2.59. The predicted molar refractivity (Wildman–Crippen MR) is 119 cm³/mol. The van der Waals surface area contributed by atoms with Crippen LogP contribution in [0.3, 0.4) is 0 Å². The fourth-order valence-corrected chi connectivity index (χ4v) is 3.94. The molecule has 8 heteroatoms. The van der Waals surface area contributed by atoms with Crippen LogP contribution in [0.15, 0.2) is 24.3 Å². The highest BCUT2D eigenvalue weighted by atomic mass is 16.5. The quantitative estimate of drug-likeness (QED) is 0.839. The number of hydrogen-bond acceptors (Lipinski definition) is 6. The Kier molecular flexibility index (Phi) is 6.03. The molecule has 2 amide bonds. The molecule has 30 heavy (non-hydrogen) atoms. The second kappa shape index (κ2) is 8.87. The van der Waals surface area contributed by atoms with E-state index < -0.39 is 0 Å². The van der Waals surface area contributed by atoms with Crippen LogP contribution in [0.2, 0.25) is 0 Å². The fourth-order valence-electron chi connectivity index (χ4n) is 3.94. The Hall–Kier alpha value is -2.87. The summed E-state index contributed by atoms with van der Waals surface area (Å²) < 4.78 is 5.45. The van der Waals surface area contributed by atoms with Crippen LogP contribution in [-0.2, 0) is 4.74 Å². The molecule has 2 aliphatic heterocycles. The molecule has 4 rings (SSSR count). The number of morpholine rings is 1. The Morgan fingerprint density at radius 2 is 1.53 bits per heavy atom. The average molecular weight is 411 g/mol. The maximum absolute atomic E-state index is 12.7. The summed E-state index contributed by atoms with van der Waals surface area (Å²) in [6, 6.07) is 8.08. The highest BCUT2D eigenvalue weighted by Crippen LogP contribution is 2.22. The molecule has 0 spiro atoms. The number of hydrogen-bond donors (Lipinski definition) is 1. The minimum Gasteiger partial charge on any atom is -0.378 e. The van der Waals surface area contributed by atoms with Crippen molar-refractivity contribution in [3.8, 4) is 0 Å². The highest BCUT2D eigenvalue weighted by molar-refractivity contribution is 5.90. The number of rotatable bonds is 3. The summed E-state index contributed by atoms with van der Waals surface area (Å²) in [6.45, 7) is 12.0. The van der Waals surface area contributed by atoms with Gasteiger partial charge in [-0.3, -0.25) is 0 Å². The van der Waals surface area contributed by atoms with Gasteiger partial charge in [-0.2, -0.15) is 0 Å². The number of carbonyl (C=O) groups excluding carboxylic acids is 1. The molecule has 2 fully saturated rings. The third kappa shape index (κ3) is 4.64. The van der Waals surface area contributed by atoms with Crippen molar-refractivity contribution in [2.45, 2.75) is 20.8 Å². The highest BCUT2D eigenvalue weighted by Gasteiger charge is 2.24. The lowest BCUT2D eigenvalue weighted by molar-refractivity contribution is 0.122. The minimum absolute atomic E-state index is 0.0468. The van der Waals surface area contributed by atoms with E-state index >= 15 is 0 Å². The summed E-state index contributed by atoms with van der Waals surface area (Å²) in [5.74, 6) is 2.65. The number of aryl methyl sites for hydroxylation is 3. The summed E-state index contributed by atoms with van der Waals surface area (Å²) in [5.41, 5.74) is 3.14. The minimum atomic E-state index is -0.0468. The van der Waals surface area contributed by atoms with Gasteiger partial charge in [-0.1, -0.05) is 17.7 Å². The van der Waals surface area contributed by atoms with Gasteiger partial charge in [0.1, 0.15) is 17.5 Å². The van der Waals surface area contributed by atoms with Crippen LogP contribution in [-0.4, -0.2) is 73.4 Å². The first-order chi connectivity index (χ1) is 14.5. The summed E-state index contributed by atoms with van der Waals surface area (Å²) in [6.07, 6.45) is 0. The molecule has 0 aliphatic carbocycles. The molecule has 8 nitrogen and oxygen atoms in total. The summed E-state index contributed by atoms with van der Waals surface area (Å²) >= 11 is 0. The summed E-state index contributed by atoms with van der Waals surface area (Å²) in [5, 5.41) is 3.05. The number of aromatic nitrogens is 2. The zero-order valence-electron chi connectivity index (χ0n) is 18.0. The molecule has 3 heterocycles. The third-order valence-corrected chi connectivity index (χ3v) is 5.66. The van der Waals surface area contributed by atoms with Gasteiger partial charge in [0.15, 0.2) is 0 Å². The van der Waals surface area contributed by atoms with Crippen molar-refractivity contribution in [2.24, 2.45) is 0 Å². The monoisotopic (exact) mass is 410 g/mol. The molecule has 0 saturated carbocycles. The van der Waals surface area contributed by atoms with E-state index in [0.29, 0.717) is 13.1 Å². The Morgan fingerprint density at radius 1 is 0.900 bits per heavy atom. The van der Waals surface area contributed by atoms with Crippen LogP contribution in [0.5, 0.6) is 0 Å². The lowest BCUT2D eigenvalue weighted by Gasteiger charge is -2.36. The van der Waals surface area contributed by atoms with E-state index in [1.165, 1.54) is 5.56 Å². The maximum atomic E-state index is 12.7. The number of anilines is 3. The molecule has 1 aromatic heterocycles. The van der Waals surface area contributed by atoms with Crippen LogP contribution in [0.1, 0.15) is 17.0 Å². The van der Waals surface area contributed by atoms with Gasteiger partial charge >= 0.3 is 6.03 Å². The van der Waals surface area contributed by atoms with Gasteiger partial charge in [-0.05, 0) is 32.4 Å². The molecular formula is C22H30N6O2. The number of urea groups is 1. The normalized spacial score (nSPS) is 17.2. The van der Waals surface area contributed by atoms with Crippen molar-refractivity contribution in [2.75, 3.05) is 67.6 Å². The van der Waals surface area contributed by atoms with E-state index in [0.717, 1.165) is 68.1 Å². The molecule has 0 radical (unpaired) electrons. The van der Waals surface area contributed by atoms with E-state index in [1.807, 2.05) is 30.9 Å². The summed E-state index contributed by atoms with van der Waals surface area (Å²) in [4.78, 5) is 28.3. The lowest BCUT2D eigenvalue weighted by atomic mass is 10.1. The number of amides is 2. The Morgan fingerprint density at radius 3 is 2.17 bits per heavy atom. The molecule has 2 aromatic rings. The first kappa shape index (κ1) is 20.4. The largest absolute Gasteiger partial charge is 0.378 e. The topological polar surface area (TPSA) is 73.8 Å². The molecule has 0 unspecified atom stereocenters. The van der Waals surface area contributed by atoms with Gasteiger partial charge in [-0.15, -0.1) is 0 Å². The standard InChI is InChI=1S/C22H30N6O2/c1-16-4-5-19(17(2)14-16)25-22(29)28-8-6-26(7-9-28)20-15-21(24-18(3)23-20)27-10-12-30-13-11-27/h4-5,14-15H,6-13H2,1-3H3,(H,25,29). The van der Waals surface area contributed by atoms with Gasteiger partial charge < -0.3 is 24.8 Å². The van der Waals surface area contributed by atoms with Crippen LogP contribution >= 0.6 is 0 Å². The van der Waals surface area contributed by atoms with Crippen molar-refractivity contribution in [3.63, 3.8) is 0 Å². The van der Waals surface area contributed by atoms with Crippen LogP contribution < -0.4 is 15.1 Å². The molecule has 1 aromatic carbocycles. The number of nitrogens with one attached hydrogen (secondary N) is 1. The van der Waals surface area contributed by atoms with E-state index in [4.69, 9.17) is 4.74 Å². The second-order valence-corrected chi connectivity index (χ2v) is 7.95. The SMILES string of the molecule is Cc1ccc(NC(=O)N2CCN(c3cc(N4CCOCC4)nc(C)n3)CC2)c(C)c1. The molecule has 1 N–H and O–H groups in total. The van der Waals surface area contributed by atoms with Gasteiger partial charge in [0.25, 0.3) is 0 Å². The average Bonchev–Trinajstić information content (AvgIpc) is 2.76. The van der Waals surface area contributed by atoms with Gasteiger partial charge in [0.05, 0.1) is 13.2 Å². The number of nitrogens with zero attached hydrogens (tertiary/aromatic N) is 5. The van der Waals surface area contributed by atoms with Crippen LogP contribution in [0.25, 0.3) is 0 Å². The van der Waals surface area contributed by atoms with Crippen LogP contribution in [0.4, 0.5) is 22.1 Å². The number of piperazine rings is 1. The lowest BCUT2D eigenvalue weighted by Crippen LogP contribution is -2.50. The third-order valence-electron chi connectivity index (χ3n) is 5.66. The van der Waals surface area contributed by atoms with E-state index in [1.54, 1.807) is 0 Å². The first-order valence-electron chi connectivity index (χ1n) is 10.6. The molecule has 2 aliphatic rings. The smallest absolute Gasteiger partial charge is 0.321 e.